The first kappa shape index (κ1) is 13.6. The molecular weight excluding hydrogens is 317 g/mol. The maximum absolute atomic E-state index is 13.2. The van der Waals surface area contributed by atoms with Gasteiger partial charge in [-0.2, -0.15) is 0 Å². The van der Waals surface area contributed by atoms with E-state index in [2.05, 4.69) is 52.4 Å². The van der Waals surface area contributed by atoms with Gasteiger partial charge in [0.25, 0.3) is 0 Å². The summed E-state index contributed by atoms with van der Waals surface area (Å²) in [6, 6.07) is 13.9. The maximum Gasteiger partial charge on any atom is 0.125 e. The molecule has 1 aliphatic rings. The van der Waals surface area contributed by atoms with Crippen LogP contribution in [0.5, 0.6) is 0 Å². The number of benzene rings is 2. The van der Waals surface area contributed by atoms with Crippen LogP contribution in [0.3, 0.4) is 0 Å². The van der Waals surface area contributed by atoms with Crippen molar-refractivity contribution >= 4 is 21.6 Å². The molecule has 0 saturated heterocycles. The van der Waals surface area contributed by atoms with Crippen molar-refractivity contribution in [1.29, 1.82) is 0 Å². The topological polar surface area (TPSA) is 12.0 Å². The van der Waals surface area contributed by atoms with Crippen LogP contribution in [0, 0.1) is 12.7 Å². The van der Waals surface area contributed by atoms with Crippen molar-refractivity contribution in [2.24, 2.45) is 0 Å². The molecule has 0 bridgehead atoms. The zero-order valence-corrected chi connectivity index (χ0v) is 13.0. The molecule has 3 rings (SSSR count). The number of anilines is 1. The lowest BCUT2D eigenvalue weighted by atomic mass is 9.75. The Labute approximate surface area is 127 Å². The minimum atomic E-state index is -0.203. The largest absolute Gasteiger partial charge is 0.381 e. The minimum absolute atomic E-state index is 0.203. The standard InChI is InChI=1S/C17H17BrFN/c1-11-3-2-4-12(7-11)13-8-15(9-13)20-17-10-14(19)5-6-16(17)18/h2-7,10,13,15,20H,8-9H2,1H3. The Bertz CT molecular complexity index is 620. The number of aryl methyl sites for hydroxylation is 1. The molecule has 20 heavy (non-hydrogen) atoms. The van der Waals surface area contributed by atoms with Gasteiger partial charge in [-0.25, -0.2) is 4.39 Å². The Kier molecular flexibility index (Phi) is 3.79. The third-order valence-electron chi connectivity index (χ3n) is 3.94. The predicted molar refractivity (Wildman–Crippen MR) is 84.7 cm³/mol. The molecule has 3 heteroatoms. The van der Waals surface area contributed by atoms with E-state index in [9.17, 15) is 4.39 Å². The summed E-state index contributed by atoms with van der Waals surface area (Å²) in [5.41, 5.74) is 3.57. The first-order valence-electron chi connectivity index (χ1n) is 6.90. The molecule has 0 spiro atoms. The normalized spacial score (nSPS) is 21.4. The summed E-state index contributed by atoms with van der Waals surface area (Å²) in [6.45, 7) is 2.13. The lowest BCUT2D eigenvalue weighted by Gasteiger charge is -2.37. The van der Waals surface area contributed by atoms with E-state index in [1.807, 2.05) is 0 Å². The van der Waals surface area contributed by atoms with E-state index >= 15 is 0 Å². The maximum atomic E-state index is 13.2. The Hall–Kier alpha value is -1.35. The second-order valence-electron chi connectivity index (χ2n) is 5.55. The van der Waals surface area contributed by atoms with Crippen LogP contribution in [0.15, 0.2) is 46.9 Å². The van der Waals surface area contributed by atoms with Crippen LogP contribution >= 0.6 is 15.9 Å². The summed E-state index contributed by atoms with van der Waals surface area (Å²) in [4.78, 5) is 0. The van der Waals surface area contributed by atoms with Crippen LogP contribution in [0.1, 0.15) is 29.9 Å². The molecule has 1 fully saturated rings. The van der Waals surface area contributed by atoms with E-state index < -0.39 is 0 Å². The summed E-state index contributed by atoms with van der Waals surface area (Å²) in [5.74, 6) is 0.421. The van der Waals surface area contributed by atoms with Crippen LogP contribution in [0.4, 0.5) is 10.1 Å². The van der Waals surface area contributed by atoms with Crippen molar-refractivity contribution in [1.82, 2.24) is 0 Å². The number of hydrogen-bond acceptors (Lipinski definition) is 1. The van der Waals surface area contributed by atoms with Crippen LogP contribution in [-0.2, 0) is 0 Å². The smallest absolute Gasteiger partial charge is 0.125 e. The number of hydrogen-bond donors (Lipinski definition) is 1. The van der Waals surface area contributed by atoms with Gasteiger partial charge in [-0.15, -0.1) is 0 Å². The average Bonchev–Trinajstić information content (AvgIpc) is 2.37. The van der Waals surface area contributed by atoms with Crippen molar-refractivity contribution in [3.05, 3.63) is 63.9 Å². The fraction of sp³-hybridized carbons (Fsp3) is 0.294. The highest BCUT2D eigenvalue weighted by molar-refractivity contribution is 9.10. The molecule has 0 radical (unpaired) electrons. The SMILES string of the molecule is Cc1cccc(C2CC(Nc3cc(F)ccc3Br)C2)c1. The van der Waals surface area contributed by atoms with Crippen LogP contribution in [0.25, 0.3) is 0 Å². The quantitative estimate of drug-likeness (QED) is 0.808. The van der Waals surface area contributed by atoms with E-state index in [-0.39, 0.29) is 5.82 Å². The average molecular weight is 334 g/mol. The summed E-state index contributed by atoms with van der Waals surface area (Å²) in [7, 11) is 0. The third kappa shape index (κ3) is 2.88. The number of halogens is 2. The molecular formula is C17H17BrFN. The molecule has 1 nitrogen and oxygen atoms in total. The number of nitrogens with one attached hydrogen (secondary N) is 1. The summed E-state index contributed by atoms with van der Waals surface area (Å²) < 4.78 is 14.2. The van der Waals surface area contributed by atoms with Gasteiger partial charge in [0.05, 0.1) is 5.69 Å². The Morgan fingerprint density at radius 3 is 2.70 bits per heavy atom. The molecule has 2 aromatic rings. The summed E-state index contributed by atoms with van der Waals surface area (Å²) in [6.07, 6.45) is 2.21. The molecule has 0 atom stereocenters. The monoisotopic (exact) mass is 333 g/mol. The van der Waals surface area contributed by atoms with Gasteiger partial charge in [-0.05, 0) is 65.4 Å². The molecule has 0 unspecified atom stereocenters. The van der Waals surface area contributed by atoms with E-state index in [0.717, 1.165) is 23.0 Å². The molecule has 0 amide bonds. The zero-order chi connectivity index (χ0) is 14.1. The van der Waals surface area contributed by atoms with Gasteiger partial charge in [0.2, 0.25) is 0 Å². The fourth-order valence-electron chi connectivity index (χ4n) is 2.76. The van der Waals surface area contributed by atoms with E-state index in [1.54, 1.807) is 12.1 Å². The van der Waals surface area contributed by atoms with Gasteiger partial charge in [-0.3, -0.25) is 0 Å². The third-order valence-corrected chi connectivity index (χ3v) is 4.63. The van der Waals surface area contributed by atoms with Crippen molar-refractivity contribution in [3.8, 4) is 0 Å². The Balaban J connectivity index is 1.62. The molecule has 0 aliphatic heterocycles. The van der Waals surface area contributed by atoms with Gasteiger partial charge >= 0.3 is 0 Å². The van der Waals surface area contributed by atoms with Crippen molar-refractivity contribution in [3.63, 3.8) is 0 Å². The highest BCUT2D eigenvalue weighted by Gasteiger charge is 2.30. The predicted octanol–water partition coefficient (Wildman–Crippen LogP) is 5.25. The molecule has 104 valence electrons. The fourth-order valence-corrected chi connectivity index (χ4v) is 3.12. The zero-order valence-electron chi connectivity index (χ0n) is 11.4. The van der Waals surface area contributed by atoms with Gasteiger partial charge in [0.1, 0.15) is 5.82 Å². The Morgan fingerprint density at radius 2 is 1.95 bits per heavy atom. The first-order chi connectivity index (χ1) is 9.61. The lowest BCUT2D eigenvalue weighted by molar-refractivity contribution is 0.374. The van der Waals surface area contributed by atoms with Crippen LogP contribution in [0.2, 0.25) is 0 Å². The van der Waals surface area contributed by atoms with Gasteiger partial charge in [0, 0.05) is 10.5 Å². The summed E-state index contributed by atoms with van der Waals surface area (Å²) >= 11 is 3.45. The lowest BCUT2D eigenvalue weighted by Crippen LogP contribution is -2.34. The van der Waals surface area contributed by atoms with Crippen molar-refractivity contribution in [2.45, 2.75) is 31.7 Å². The second-order valence-corrected chi connectivity index (χ2v) is 6.40. The minimum Gasteiger partial charge on any atom is -0.381 e. The highest BCUT2D eigenvalue weighted by Crippen LogP contribution is 2.39. The molecule has 0 heterocycles. The van der Waals surface area contributed by atoms with Gasteiger partial charge < -0.3 is 5.32 Å². The summed E-state index contributed by atoms with van der Waals surface area (Å²) in [5, 5.41) is 3.41. The van der Waals surface area contributed by atoms with Crippen LogP contribution < -0.4 is 5.32 Å². The van der Waals surface area contributed by atoms with E-state index in [4.69, 9.17) is 0 Å². The van der Waals surface area contributed by atoms with E-state index in [0.29, 0.717) is 12.0 Å². The molecule has 1 N–H and O–H groups in total. The molecule has 0 aromatic heterocycles. The number of rotatable bonds is 3. The molecule has 1 aliphatic carbocycles. The van der Waals surface area contributed by atoms with Crippen molar-refractivity contribution < 1.29 is 4.39 Å². The van der Waals surface area contributed by atoms with E-state index in [1.165, 1.54) is 17.2 Å². The van der Waals surface area contributed by atoms with Crippen molar-refractivity contribution in [2.75, 3.05) is 5.32 Å². The van der Waals surface area contributed by atoms with Gasteiger partial charge in [-0.1, -0.05) is 29.8 Å². The second kappa shape index (κ2) is 5.57. The highest BCUT2D eigenvalue weighted by atomic mass is 79.9. The molecule has 2 aromatic carbocycles. The van der Waals surface area contributed by atoms with Gasteiger partial charge in [0.15, 0.2) is 0 Å². The first-order valence-corrected chi connectivity index (χ1v) is 7.69. The van der Waals surface area contributed by atoms with Crippen LogP contribution in [-0.4, -0.2) is 6.04 Å². The molecule has 1 saturated carbocycles. The Morgan fingerprint density at radius 1 is 1.15 bits per heavy atom.